The zero-order valence-electron chi connectivity index (χ0n) is 11.5. The molecule has 20 heavy (non-hydrogen) atoms. The highest BCUT2D eigenvalue weighted by molar-refractivity contribution is 7.18. The van der Waals surface area contributed by atoms with Gasteiger partial charge in [0.1, 0.15) is 10.7 Å². The molecule has 0 bridgehead atoms. The van der Waals surface area contributed by atoms with E-state index in [4.69, 9.17) is 5.73 Å². The second-order valence-corrected chi connectivity index (χ2v) is 5.55. The van der Waals surface area contributed by atoms with Crippen molar-refractivity contribution >= 4 is 28.2 Å². The average molecular weight is 290 g/mol. The summed E-state index contributed by atoms with van der Waals surface area (Å²) in [6, 6.07) is 10.1. The van der Waals surface area contributed by atoms with Gasteiger partial charge in [-0.3, -0.25) is 4.79 Å². The molecule has 106 valence electrons. The molecule has 0 fully saturated rings. The number of anilines is 2. The Morgan fingerprint density at radius 3 is 2.70 bits per heavy atom. The molecule has 0 aliphatic rings. The van der Waals surface area contributed by atoms with Crippen molar-refractivity contribution in [3.63, 3.8) is 0 Å². The van der Waals surface area contributed by atoms with Gasteiger partial charge in [-0.25, -0.2) is 4.98 Å². The van der Waals surface area contributed by atoms with E-state index in [1.165, 1.54) is 16.9 Å². The first-order valence-electron chi connectivity index (χ1n) is 6.39. The molecule has 5 nitrogen and oxygen atoms in total. The number of nitrogens with one attached hydrogen (secondary N) is 2. The minimum Gasteiger partial charge on any atom is -0.382 e. The predicted molar refractivity (Wildman–Crippen MR) is 83.1 cm³/mol. The summed E-state index contributed by atoms with van der Waals surface area (Å²) in [7, 11) is 1.75. The Morgan fingerprint density at radius 2 is 2.10 bits per heavy atom. The molecule has 1 atom stereocenters. The van der Waals surface area contributed by atoms with E-state index in [0.29, 0.717) is 10.0 Å². The van der Waals surface area contributed by atoms with Crippen LogP contribution >= 0.6 is 11.3 Å². The molecule has 1 heterocycles. The summed E-state index contributed by atoms with van der Waals surface area (Å²) in [5, 5.41) is 6.47. The molecule has 0 aliphatic heterocycles. The quantitative estimate of drug-likeness (QED) is 0.788. The van der Waals surface area contributed by atoms with Gasteiger partial charge in [-0.2, -0.15) is 0 Å². The fourth-order valence-corrected chi connectivity index (χ4v) is 2.65. The summed E-state index contributed by atoms with van der Waals surface area (Å²) >= 11 is 1.26. The molecule has 0 aliphatic carbocycles. The van der Waals surface area contributed by atoms with Gasteiger partial charge < -0.3 is 16.4 Å². The summed E-state index contributed by atoms with van der Waals surface area (Å²) in [4.78, 5) is 16.7. The summed E-state index contributed by atoms with van der Waals surface area (Å²) in [6.07, 6.45) is 0.782. The number of carbonyl (C=O) groups is 1. The number of benzene rings is 1. The fourth-order valence-electron chi connectivity index (χ4n) is 1.91. The molecule has 1 aromatic carbocycles. The number of amides is 1. The van der Waals surface area contributed by atoms with Crippen LogP contribution in [0.2, 0.25) is 0 Å². The van der Waals surface area contributed by atoms with Crippen LogP contribution in [-0.2, 0) is 6.42 Å². The van der Waals surface area contributed by atoms with Crippen molar-refractivity contribution in [1.82, 2.24) is 10.3 Å². The van der Waals surface area contributed by atoms with Crippen LogP contribution in [0.3, 0.4) is 0 Å². The Kier molecular flexibility index (Phi) is 4.57. The van der Waals surface area contributed by atoms with Gasteiger partial charge in [0.25, 0.3) is 5.91 Å². The van der Waals surface area contributed by atoms with E-state index in [2.05, 4.69) is 15.6 Å². The van der Waals surface area contributed by atoms with Crippen LogP contribution in [0.4, 0.5) is 10.9 Å². The van der Waals surface area contributed by atoms with Crippen LogP contribution in [0.15, 0.2) is 30.3 Å². The monoisotopic (exact) mass is 290 g/mol. The molecular formula is C14H18N4OS. The summed E-state index contributed by atoms with van der Waals surface area (Å²) in [5.41, 5.74) is 6.93. The van der Waals surface area contributed by atoms with Crippen LogP contribution in [0.5, 0.6) is 0 Å². The largest absolute Gasteiger partial charge is 0.382 e. The Balaban J connectivity index is 1.98. The zero-order chi connectivity index (χ0) is 14.5. The number of rotatable bonds is 5. The van der Waals surface area contributed by atoms with Crippen LogP contribution in [-0.4, -0.2) is 24.0 Å². The molecular weight excluding hydrogens is 272 g/mol. The van der Waals surface area contributed by atoms with Gasteiger partial charge in [0, 0.05) is 13.1 Å². The highest BCUT2D eigenvalue weighted by atomic mass is 32.1. The number of nitrogen functional groups attached to an aromatic ring is 1. The summed E-state index contributed by atoms with van der Waals surface area (Å²) in [6.45, 7) is 1.97. The van der Waals surface area contributed by atoms with Crippen LogP contribution in [0.25, 0.3) is 0 Å². The van der Waals surface area contributed by atoms with E-state index in [1.807, 2.05) is 37.3 Å². The molecule has 0 saturated heterocycles. The molecule has 0 saturated carbocycles. The molecule has 0 spiro atoms. The first-order chi connectivity index (χ1) is 9.60. The SMILES string of the molecule is CNc1nc(N)c(C(=O)NC(C)Cc2ccccc2)s1. The number of aromatic nitrogens is 1. The zero-order valence-corrected chi connectivity index (χ0v) is 12.3. The number of nitrogens with two attached hydrogens (primary N) is 1. The van der Waals surface area contributed by atoms with Crippen molar-refractivity contribution in [3.05, 3.63) is 40.8 Å². The second kappa shape index (κ2) is 6.38. The molecule has 6 heteroatoms. The Labute approximate surface area is 122 Å². The van der Waals surface area contributed by atoms with Gasteiger partial charge in [-0.15, -0.1) is 0 Å². The van der Waals surface area contributed by atoms with Crippen LogP contribution in [0, 0.1) is 0 Å². The van der Waals surface area contributed by atoms with Gasteiger partial charge in [0.2, 0.25) is 0 Å². The lowest BCUT2D eigenvalue weighted by Gasteiger charge is -2.13. The van der Waals surface area contributed by atoms with Crippen LogP contribution in [0.1, 0.15) is 22.2 Å². The van der Waals surface area contributed by atoms with E-state index >= 15 is 0 Å². The van der Waals surface area contributed by atoms with Gasteiger partial charge in [-0.1, -0.05) is 41.7 Å². The lowest BCUT2D eigenvalue weighted by atomic mass is 10.1. The molecule has 2 rings (SSSR count). The molecule has 4 N–H and O–H groups in total. The number of hydrogen-bond donors (Lipinski definition) is 3. The standard InChI is InChI=1S/C14H18N4OS/c1-9(8-10-6-4-3-5-7-10)17-13(19)11-12(15)18-14(16-2)20-11/h3-7,9H,8,15H2,1-2H3,(H,16,18)(H,17,19). The van der Waals surface area contributed by atoms with E-state index in [0.717, 1.165) is 6.42 Å². The fraction of sp³-hybridized carbons (Fsp3) is 0.286. The number of nitrogens with zero attached hydrogens (tertiary/aromatic N) is 1. The number of thiazole rings is 1. The molecule has 1 amide bonds. The normalized spacial score (nSPS) is 11.9. The van der Waals surface area contributed by atoms with Crippen molar-refractivity contribution in [3.8, 4) is 0 Å². The van der Waals surface area contributed by atoms with Crippen molar-refractivity contribution < 1.29 is 4.79 Å². The smallest absolute Gasteiger partial charge is 0.265 e. The van der Waals surface area contributed by atoms with Gasteiger partial charge in [0.05, 0.1) is 0 Å². The molecule has 0 radical (unpaired) electrons. The average Bonchev–Trinajstić information content (AvgIpc) is 2.81. The van der Waals surface area contributed by atoms with E-state index in [1.54, 1.807) is 7.05 Å². The Morgan fingerprint density at radius 1 is 1.40 bits per heavy atom. The van der Waals surface area contributed by atoms with E-state index in [-0.39, 0.29) is 17.8 Å². The van der Waals surface area contributed by atoms with Crippen LogP contribution < -0.4 is 16.4 Å². The predicted octanol–water partition coefficient (Wildman–Crippen LogP) is 2.13. The van der Waals surface area contributed by atoms with Gasteiger partial charge in [0.15, 0.2) is 5.13 Å². The van der Waals surface area contributed by atoms with Crippen molar-refractivity contribution in [2.45, 2.75) is 19.4 Å². The third kappa shape index (κ3) is 3.48. The van der Waals surface area contributed by atoms with Crippen molar-refractivity contribution in [2.24, 2.45) is 0 Å². The maximum atomic E-state index is 12.1. The lowest BCUT2D eigenvalue weighted by molar-refractivity contribution is 0.0945. The van der Waals surface area contributed by atoms with Crippen molar-refractivity contribution in [1.29, 1.82) is 0 Å². The minimum atomic E-state index is -0.176. The highest BCUT2D eigenvalue weighted by Crippen LogP contribution is 2.24. The number of hydrogen-bond acceptors (Lipinski definition) is 5. The summed E-state index contributed by atoms with van der Waals surface area (Å²) in [5.74, 6) is 0.0914. The lowest BCUT2D eigenvalue weighted by Crippen LogP contribution is -2.34. The maximum absolute atomic E-state index is 12.1. The molecule has 1 aromatic heterocycles. The first kappa shape index (κ1) is 14.3. The second-order valence-electron chi connectivity index (χ2n) is 4.55. The number of carbonyl (C=O) groups excluding carboxylic acids is 1. The molecule has 1 unspecified atom stereocenters. The topological polar surface area (TPSA) is 80.0 Å². The highest BCUT2D eigenvalue weighted by Gasteiger charge is 2.17. The Hall–Kier alpha value is -2.08. The first-order valence-corrected chi connectivity index (χ1v) is 7.20. The van der Waals surface area contributed by atoms with Crippen molar-refractivity contribution in [2.75, 3.05) is 18.1 Å². The third-order valence-corrected chi connectivity index (χ3v) is 3.92. The van der Waals surface area contributed by atoms with Gasteiger partial charge >= 0.3 is 0 Å². The van der Waals surface area contributed by atoms with Gasteiger partial charge in [-0.05, 0) is 18.9 Å². The van der Waals surface area contributed by atoms with E-state index in [9.17, 15) is 4.79 Å². The molecule has 2 aromatic rings. The van der Waals surface area contributed by atoms with E-state index < -0.39 is 0 Å². The third-order valence-electron chi connectivity index (χ3n) is 2.84. The summed E-state index contributed by atoms with van der Waals surface area (Å²) < 4.78 is 0. The minimum absolute atomic E-state index is 0.0319. The Bertz CT molecular complexity index is 582. The maximum Gasteiger partial charge on any atom is 0.265 e.